The normalized spacial score (nSPS) is 29.9. The number of carboxylic acid groups (broad SMARTS) is 2. The van der Waals surface area contributed by atoms with Crippen molar-refractivity contribution in [1.82, 2.24) is 10.6 Å². The molecule has 676 valence electrons. The molecule has 0 spiro atoms. The highest BCUT2D eigenvalue weighted by Crippen LogP contribution is 2.36. The first-order chi connectivity index (χ1) is 59.2. The second kappa shape index (κ2) is 59.8. The first-order valence-corrected chi connectivity index (χ1v) is 42.0. The van der Waals surface area contributed by atoms with Gasteiger partial charge in [0.15, 0.2) is 37.4 Å². The summed E-state index contributed by atoms with van der Waals surface area (Å²) in [7, 11) is 0. The van der Waals surface area contributed by atoms with Crippen molar-refractivity contribution in [3.05, 3.63) is 0 Å². The number of ether oxygens (including phenoxy) is 10. The maximum Gasteiger partial charge on any atom is 0.335 e. The van der Waals surface area contributed by atoms with Crippen LogP contribution in [0, 0.1) is 130 Å². The molecule has 35 nitrogen and oxygen atoms in total. The summed E-state index contributed by atoms with van der Waals surface area (Å²) in [5.41, 5.74) is -1.16. The molecule has 2 amide bonds. The van der Waals surface area contributed by atoms with E-state index in [0.717, 1.165) is 56.7 Å². The van der Waals surface area contributed by atoms with E-state index in [-0.39, 0.29) is 57.2 Å². The minimum absolute atomic E-state index is 0.0208. The maximum absolute atomic E-state index is 13.1. The highest BCUT2D eigenvalue weighted by Gasteiger charge is 2.57. The van der Waals surface area contributed by atoms with E-state index in [2.05, 4.69) is 148 Å². The van der Waals surface area contributed by atoms with E-state index in [1.54, 1.807) is 6.92 Å². The molecule has 20 N–H and O–H groups in total. The third-order valence-corrected chi connectivity index (χ3v) is 21.3. The molecule has 25 unspecified atom stereocenters. The lowest BCUT2D eigenvalue weighted by Gasteiger charge is -2.48. The average molecular weight is 1750 g/mol. The molecule has 0 aromatic rings. The molecule has 5 saturated heterocycles. The minimum Gasteiger partial charge on any atom is -0.479 e. The Morgan fingerprint density at radius 2 is 0.837 bits per heavy atom. The molecule has 123 heavy (non-hydrogen) atoms. The summed E-state index contributed by atoms with van der Waals surface area (Å²) in [6.07, 6.45) is -31.7. The first kappa shape index (κ1) is 106. The summed E-state index contributed by atoms with van der Waals surface area (Å²) in [4.78, 5) is 62.5. The molecular formula is C87H114N2O33S. The summed E-state index contributed by atoms with van der Waals surface area (Å²) in [5, 5.41) is 198. The van der Waals surface area contributed by atoms with E-state index in [4.69, 9.17) is 47.4 Å². The van der Waals surface area contributed by atoms with Gasteiger partial charge in [0.05, 0.1) is 38.6 Å². The van der Waals surface area contributed by atoms with Gasteiger partial charge in [-0.15, -0.1) is 11.8 Å². The van der Waals surface area contributed by atoms with Gasteiger partial charge in [-0.25, -0.2) is 9.59 Å². The summed E-state index contributed by atoms with van der Waals surface area (Å²) in [6.45, 7) is 1.49. The van der Waals surface area contributed by atoms with Crippen LogP contribution in [0.15, 0.2) is 0 Å². The number of carbonyl (C=O) groups excluding carboxylic acids is 3. The van der Waals surface area contributed by atoms with Gasteiger partial charge in [0, 0.05) is 67.8 Å². The molecule has 36 heteroatoms. The van der Waals surface area contributed by atoms with Crippen molar-refractivity contribution >= 4 is 41.3 Å². The Hall–Kier alpha value is -7.98. The predicted molar refractivity (Wildman–Crippen MR) is 434 cm³/mol. The van der Waals surface area contributed by atoms with E-state index >= 15 is 0 Å². The second-order valence-corrected chi connectivity index (χ2v) is 30.4. The summed E-state index contributed by atoms with van der Waals surface area (Å²) in [6, 6.07) is -1.13. The van der Waals surface area contributed by atoms with Crippen molar-refractivity contribution in [2.24, 2.45) is 0 Å². The van der Waals surface area contributed by atoms with Gasteiger partial charge in [-0.1, -0.05) is 109 Å². The van der Waals surface area contributed by atoms with E-state index in [0.29, 0.717) is 38.5 Å². The van der Waals surface area contributed by atoms with Crippen molar-refractivity contribution in [2.75, 3.05) is 45.3 Å². The lowest BCUT2D eigenvalue weighted by atomic mass is 9.95. The monoisotopic (exact) mass is 1750 g/mol. The number of ketones is 1. The largest absolute Gasteiger partial charge is 0.479 e. The molecule has 5 heterocycles. The number of unbranched alkanes of at least 4 members (excludes halogenated alkanes) is 16. The number of carboxylic acids is 2. The van der Waals surface area contributed by atoms with Crippen molar-refractivity contribution in [3.63, 3.8) is 0 Å². The molecule has 0 radical (unpaired) electrons. The summed E-state index contributed by atoms with van der Waals surface area (Å²) < 4.78 is 55.6. The van der Waals surface area contributed by atoms with Crippen LogP contribution in [0.3, 0.4) is 0 Å². The fourth-order valence-corrected chi connectivity index (χ4v) is 14.5. The quantitative estimate of drug-likeness (QED) is 0.0204. The van der Waals surface area contributed by atoms with E-state index in [1.807, 2.05) is 0 Å². The van der Waals surface area contributed by atoms with Gasteiger partial charge in [0.1, 0.15) is 127 Å². The molecule has 5 fully saturated rings. The number of hydrogen-bond donors (Lipinski definition) is 20. The van der Waals surface area contributed by atoms with Gasteiger partial charge in [-0.05, 0) is 134 Å². The van der Waals surface area contributed by atoms with Gasteiger partial charge in [0.25, 0.3) is 5.91 Å². The van der Waals surface area contributed by atoms with Crippen LogP contribution in [-0.2, 0) is 71.3 Å². The number of Topliss-reactive ketones (excluding diaryl/α,β-unsaturated/α-hetero) is 1. The van der Waals surface area contributed by atoms with E-state index in [1.165, 1.54) is 44.9 Å². The Labute approximate surface area is 720 Å². The van der Waals surface area contributed by atoms with Crippen LogP contribution in [-0.4, -0.2) is 338 Å². The minimum atomic E-state index is -2.33. The number of rotatable bonds is 48. The lowest BCUT2D eigenvalue weighted by molar-refractivity contribution is -0.385. The summed E-state index contributed by atoms with van der Waals surface area (Å²) >= 11 is 0.946. The number of aliphatic hydroxyl groups is 16. The Morgan fingerprint density at radius 3 is 1.36 bits per heavy atom. The molecule has 0 aliphatic carbocycles. The Kier molecular flexibility index (Phi) is 51.3. The molecule has 5 aliphatic rings. The average Bonchev–Trinajstić information content (AvgIpc) is 0.773. The number of nitrogens with one attached hydrogen (secondary N) is 2. The smallest absolute Gasteiger partial charge is 0.335 e. The second-order valence-electron chi connectivity index (χ2n) is 29.3. The number of thioether (sulfide) groups is 1. The molecular weight excluding hydrogens is 1630 g/mol. The van der Waals surface area contributed by atoms with Crippen LogP contribution in [0.1, 0.15) is 162 Å². The summed E-state index contributed by atoms with van der Waals surface area (Å²) in [5.74, 6) is 49.6. The van der Waals surface area contributed by atoms with Gasteiger partial charge in [-0.3, -0.25) is 14.4 Å². The zero-order valence-corrected chi connectivity index (χ0v) is 69.3. The number of hydrogen-bond acceptors (Lipinski definition) is 32. The van der Waals surface area contributed by atoms with Crippen LogP contribution in [0.2, 0.25) is 0 Å². The maximum atomic E-state index is 13.1. The fourth-order valence-electron chi connectivity index (χ4n) is 13.2. The van der Waals surface area contributed by atoms with Crippen LogP contribution in [0.5, 0.6) is 0 Å². The van der Waals surface area contributed by atoms with Crippen molar-refractivity contribution in [1.29, 1.82) is 0 Å². The third-order valence-electron chi connectivity index (χ3n) is 20.0. The first-order valence-electron chi connectivity index (χ1n) is 41.0. The fraction of sp³-hybridized carbons (Fsp3) is 0.690. The van der Waals surface area contributed by atoms with Gasteiger partial charge < -0.3 is 150 Å². The number of amides is 2. The Balaban J connectivity index is 0.982. The standard InChI is InChI=1S/C87H114N2O33S/c1-3-5-7-9-11-13-15-17-18-19-20-21-22-23-24-25-27-29-31-35-39-47-62(95)89-56(63(96)57(93)45-38-34-30-28-26-16-14-12-10-8-6-4-2)54-123-87-73(106)65(98)64(97)60(117-87)53-113-49-42-36-32-33-37-43-55(92)44-40-41-46-61(94)88-48-50-114-83-71(104)68(101)76(58(51-90)115-83)119-86-75(108)78(74(107)80(122-86)82(111)112)120-84-72(105)69(102)77(59(52-91)116-84)118-85-70(103)66(99)67(100)79(121-85)81(109)110/h56-60,63-80,83-87,90-91,93,96-108H,4,6,8,10,12,14,16,26,28,30,32-34,36-38,40-46,48-54H2,1-2H3,(H,88,94)(H,89,95)(H,109,110)(H,111,112)/t56-,57+,58?,59?,60?,63-,64?,65?,66?,67?,68?,69?,70?,71?,72?,73?,74?,75?,76?,77?,78?,79?,80?,83?,84?,85?,86?,87?/m0/s1. The zero-order valence-electron chi connectivity index (χ0n) is 68.5. The number of aliphatic carboxylic acids is 2. The van der Waals surface area contributed by atoms with Gasteiger partial charge in [0.2, 0.25) is 5.91 Å². The topological polar surface area (TPSA) is 566 Å². The Morgan fingerprint density at radius 1 is 0.415 bits per heavy atom. The lowest BCUT2D eigenvalue weighted by Crippen LogP contribution is -2.68. The van der Waals surface area contributed by atoms with E-state index in [9.17, 15) is 116 Å². The molecule has 28 atom stereocenters. The molecule has 5 aliphatic heterocycles. The predicted octanol–water partition coefficient (Wildman–Crippen LogP) is -4.04. The third kappa shape index (κ3) is 37.2. The van der Waals surface area contributed by atoms with Crippen LogP contribution >= 0.6 is 11.8 Å². The van der Waals surface area contributed by atoms with Crippen molar-refractivity contribution in [3.8, 4) is 130 Å². The van der Waals surface area contributed by atoms with E-state index < -0.39 is 208 Å². The number of aliphatic hydroxyl groups excluding tert-OH is 16. The molecule has 0 saturated carbocycles. The number of carbonyl (C=O) groups is 5. The van der Waals surface area contributed by atoms with Crippen molar-refractivity contribution in [2.45, 2.75) is 332 Å². The van der Waals surface area contributed by atoms with Gasteiger partial charge >= 0.3 is 11.9 Å². The molecule has 0 aromatic carbocycles. The SMILES string of the molecule is CC#CC#CC#CC#CC#CC#CC#CC#CC#CC#CC#CC(=O)N[C@@H](CSC1OC(COCCCCCCCC(=O)CCCCC(=O)NCCOC2OC(CO)C(OC3OC(C(=O)O)C(O)C(OC4OC(CO)C(OC5OC(C(=O)O)C(O)C(O)C5O)C(O)C4O)C3O)C(O)C2O)C(O)C(O)C1O)[C@H](O)[C@H](O)CCCCCCCCCCCCCC. The molecule has 0 aromatic heterocycles. The van der Waals surface area contributed by atoms with Crippen LogP contribution < -0.4 is 10.6 Å². The van der Waals surface area contributed by atoms with Crippen LogP contribution in [0.4, 0.5) is 0 Å². The van der Waals surface area contributed by atoms with Crippen molar-refractivity contribution < 1.29 is 163 Å². The molecule has 5 rings (SSSR count). The highest BCUT2D eigenvalue weighted by atomic mass is 32.2. The highest BCUT2D eigenvalue weighted by molar-refractivity contribution is 7.99. The molecule has 0 bridgehead atoms. The van der Waals surface area contributed by atoms with Gasteiger partial charge in [-0.2, -0.15) is 0 Å². The Bertz CT molecular complexity index is 4040. The van der Waals surface area contributed by atoms with Crippen LogP contribution in [0.25, 0.3) is 0 Å². The zero-order chi connectivity index (χ0) is 90.0.